The third-order valence-corrected chi connectivity index (χ3v) is 5.27. The fraction of sp³-hybridized carbons (Fsp3) is 0.129. The van der Waals surface area contributed by atoms with Gasteiger partial charge in [0.25, 0.3) is 0 Å². The molecular weight excluding hydrogens is 583 g/mol. The van der Waals surface area contributed by atoms with Crippen molar-refractivity contribution in [3.05, 3.63) is 127 Å². The molecule has 166 valence electrons. The SMILES string of the molecule is CC(C)(C)c1cc[c-]cc1.[Au+3].[c-]1ccccc1-c1cc2ccccc2c(-c2[c-]cccc2)n1. The molecule has 2 heteroatoms. The first-order chi connectivity index (χ1) is 15.5. The van der Waals surface area contributed by atoms with E-state index in [0.717, 1.165) is 27.9 Å². The Morgan fingerprint density at radius 3 is 1.85 bits per heavy atom. The van der Waals surface area contributed by atoms with Crippen LogP contribution >= 0.6 is 0 Å². The second-order valence-electron chi connectivity index (χ2n) is 8.67. The van der Waals surface area contributed by atoms with Gasteiger partial charge in [-0.25, -0.2) is 0 Å². The molecule has 0 unspecified atom stereocenters. The monoisotopic (exact) mass is 609 g/mol. The zero-order valence-electron chi connectivity index (χ0n) is 19.1. The minimum atomic E-state index is 0. The van der Waals surface area contributed by atoms with Crippen molar-refractivity contribution in [2.45, 2.75) is 26.2 Å². The Bertz CT molecular complexity index is 1270. The molecule has 0 radical (unpaired) electrons. The molecule has 5 aromatic rings. The third-order valence-electron chi connectivity index (χ3n) is 5.27. The Morgan fingerprint density at radius 2 is 1.27 bits per heavy atom. The molecule has 0 aliphatic rings. The topological polar surface area (TPSA) is 12.9 Å². The van der Waals surface area contributed by atoms with E-state index in [1.165, 1.54) is 10.9 Å². The van der Waals surface area contributed by atoms with Crippen LogP contribution < -0.4 is 0 Å². The summed E-state index contributed by atoms with van der Waals surface area (Å²) in [7, 11) is 0. The van der Waals surface area contributed by atoms with Crippen LogP contribution in [0.3, 0.4) is 0 Å². The van der Waals surface area contributed by atoms with Gasteiger partial charge in [0.15, 0.2) is 0 Å². The Labute approximate surface area is 213 Å². The van der Waals surface area contributed by atoms with Crippen molar-refractivity contribution in [1.29, 1.82) is 0 Å². The van der Waals surface area contributed by atoms with Crippen LogP contribution in [0.15, 0.2) is 103 Å². The van der Waals surface area contributed by atoms with Gasteiger partial charge in [-0.05, 0) is 27.6 Å². The summed E-state index contributed by atoms with van der Waals surface area (Å²) in [4.78, 5) is 4.88. The van der Waals surface area contributed by atoms with Gasteiger partial charge in [0, 0.05) is 0 Å². The first-order valence-electron chi connectivity index (χ1n) is 10.8. The first kappa shape index (κ1) is 24.7. The molecule has 4 aromatic carbocycles. The number of rotatable bonds is 2. The van der Waals surface area contributed by atoms with Crippen molar-refractivity contribution < 1.29 is 22.4 Å². The number of hydrogen-bond acceptors (Lipinski definition) is 1. The van der Waals surface area contributed by atoms with Gasteiger partial charge in [-0.2, -0.15) is 35.9 Å². The van der Waals surface area contributed by atoms with E-state index in [9.17, 15) is 0 Å². The van der Waals surface area contributed by atoms with Crippen molar-refractivity contribution >= 4 is 10.8 Å². The number of nitrogens with zero attached hydrogens (tertiary/aromatic N) is 1. The van der Waals surface area contributed by atoms with Gasteiger partial charge >= 0.3 is 22.4 Å². The number of pyridine rings is 1. The van der Waals surface area contributed by atoms with Crippen LogP contribution in [-0.2, 0) is 27.8 Å². The van der Waals surface area contributed by atoms with Gasteiger partial charge < -0.3 is 4.98 Å². The zero-order valence-corrected chi connectivity index (χ0v) is 21.2. The molecule has 0 amide bonds. The average Bonchev–Trinajstić information content (AvgIpc) is 2.85. The fourth-order valence-corrected chi connectivity index (χ4v) is 3.52. The molecule has 1 heterocycles. The predicted molar refractivity (Wildman–Crippen MR) is 134 cm³/mol. The summed E-state index contributed by atoms with van der Waals surface area (Å²) in [5, 5.41) is 2.32. The maximum absolute atomic E-state index is 4.88. The maximum atomic E-state index is 4.88. The molecule has 5 rings (SSSR count). The second-order valence-corrected chi connectivity index (χ2v) is 8.67. The van der Waals surface area contributed by atoms with Crippen LogP contribution in [0, 0.1) is 18.2 Å². The van der Waals surface area contributed by atoms with E-state index in [1.807, 2.05) is 66.7 Å². The van der Waals surface area contributed by atoms with E-state index >= 15 is 0 Å². The van der Waals surface area contributed by atoms with Gasteiger partial charge in [0.2, 0.25) is 0 Å². The third kappa shape index (κ3) is 6.30. The molecule has 33 heavy (non-hydrogen) atoms. The van der Waals surface area contributed by atoms with Gasteiger partial charge in [0.1, 0.15) is 0 Å². The molecule has 0 bridgehead atoms. The van der Waals surface area contributed by atoms with Crippen molar-refractivity contribution in [2.75, 3.05) is 0 Å². The fourth-order valence-electron chi connectivity index (χ4n) is 3.52. The number of fused-ring (bicyclic) bond motifs is 1. The Balaban J connectivity index is 0.000000237. The Kier molecular flexibility index (Phi) is 8.41. The number of aromatic nitrogens is 1. The summed E-state index contributed by atoms with van der Waals surface area (Å²) in [6.07, 6.45) is 0. The van der Waals surface area contributed by atoms with E-state index in [4.69, 9.17) is 4.98 Å². The quantitative estimate of drug-likeness (QED) is 0.146. The molecule has 1 aromatic heterocycles. The Morgan fingerprint density at radius 1 is 0.667 bits per heavy atom. The van der Waals surface area contributed by atoms with E-state index in [0.29, 0.717) is 0 Å². The molecule has 0 aliphatic carbocycles. The van der Waals surface area contributed by atoms with Gasteiger partial charge in [-0.15, -0.1) is 71.8 Å². The molecule has 0 saturated carbocycles. The van der Waals surface area contributed by atoms with Crippen molar-refractivity contribution in [1.82, 2.24) is 4.98 Å². The zero-order chi connectivity index (χ0) is 22.4. The molecule has 0 aliphatic heterocycles. The van der Waals surface area contributed by atoms with Crippen molar-refractivity contribution in [3.63, 3.8) is 0 Å². The molecule has 0 saturated heterocycles. The van der Waals surface area contributed by atoms with E-state index < -0.39 is 0 Å². The van der Waals surface area contributed by atoms with Crippen LogP contribution in [0.5, 0.6) is 0 Å². The van der Waals surface area contributed by atoms with Gasteiger partial charge in [-0.1, -0.05) is 51.1 Å². The summed E-state index contributed by atoms with van der Waals surface area (Å²) in [6, 6.07) is 44.0. The van der Waals surface area contributed by atoms with Crippen LogP contribution in [0.2, 0.25) is 0 Å². The minimum absolute atomic E-state index is 0. The smallest absolute Gasteiger partial charge is 0.344 e. The van der Waals surface area contributed by atoms with Gasteiger partial charge in [-0.3, -0.25) is 0 Å². The molecular formula is C31H26AuN. The standard InChI is InChI=1S/C21H13N.C10H13.Au/c1-3-9-16(10-4-1)20-15-18-13-7-8-14-19(18)21(22-20)17-11-5-2-6-12-17;1-10(2,3)9-7-5-4-6-8-9;/h1-9,11,13-15H;5-8H,1-3H3;/q-2;-1;+3. The molecule has 0 fully saturated rings. The summed E-state index contributed by atoms with van der Waals surface area (Å²) in [6.45, 7) is 6.63. The molecule has 0 spiro atoms. The normalized spacial score (nSPS) is 10.6. The average molecular weight is 610 g/mol. The molecule has 1 nitrogen and oxygen atoms in total. The van der Waals surface area contributed by atoms with Crippen LogP contribution in [-0.4, -0.2) is 4.98 Å². The van der Waals surface area contributed by atoms with Crippen molar-refractivity contribution in [2.24, 2.45) is 0 Å². The van der Waals surface area contributed by atoms with Crippen molar-refractivity contribution in [3.8, 4) is 22.5 Å². The summed E-state index contributed by atoms with van der Waals surface area (Å²) in [5.41, 5.74) is 5.56. The Hall–Kier alpha value is -2.97. The van der Waals surface area contributed by atoms with Crippen LogP contribution in [0.1, 0.15) is 26.3 Å². The summed E-state index contributed by atoms with van der Waals surface area (Å²) in [5.74, 6) is 0. The minimum Gasteiger partial charge on any atom is -0.344 e. The predicted octanol–water partition coefficient (Wildman–Crippen LogP) is 7.95. The van der Waals surface area contributed by atoms with Gasteiger partial charge in [0.05, 0.1) is 0 Å². The van der Waals surface area contributed by atoms with E-state index in [2.05, 4.69) is 75.4 Å². The number of hydrogen-bond donors (Lipinski definition) is 0. The first-order valence-corrected chi connectivity index (χ1v) is 10.8. The van der Waals surface area contributed by atoms with Crippen LogP contribution in [0.4, 0.5) is 0 Å². The molecule has 0 atom stereocenters. The molecule has 0 N–H and O–H groups in total. The van der Waals surface area contributed by atoms with E-state index in [1.54, 1.807) is 0 Å². The second kappa shape index (κ2) is 11.2. The number of benzene rings is 4. The van der Waals surface area contributed by atoms with E-state index in [-0.39, 0.29) is 27.8 Å². The largest absolute Gasteiger partial charge is 3.00 e. The maximum Gasteiger partial charge on any atom is 3.00 e. The van der Waals surface area contributed by atoms with Crippen LogP contribution in [0.25, 0.3) is 33.3 Å². The summed E-state index contributed by atoms with van der Waals surface area (Å²) < 4.78 is 0. The summed E-state index contributed by atoms with van der Waals surface area (Å²) >= 11 is 0.